The van der Waals surface area contributed by atoms with E-state index < -0.39 is 17.8 Å². The van der Waals surface area contributed by atoms with Crippen molar-refractivity contribution in [1.29, 1.82) is 5.26 Å². The molecule has 194 valence electrons. The molecule has 4 aromatic rings. The summed E-state index contributed by atoms with van der Waals surface area (Å²) in [5.74, 6) is -2.34. The number of fused-ring (bicyclic) bond motifs is 1. The summed E-state index contributed by atoms with van der Waals surface area (Å²) in [5.41, 5.74) is 0.635. The van der Waals surface area contributed by atoms with Crippen molar-refractivity contribution >= 4 is 56.3 Å². The second-order valence-electron chi connectivity index (χ2n) is 8.17. The van der Waals surface area contributed by atoms with Crippen LogP contribution in [0.15, 0.2) is 88.9 Å². The first-order valence-electron chi connectivity index (χ1n) is 11.7. The third kappa shape index (κ3) is 6.32. The molecule has 0 spiro atoms. The van der Waals surface area contributed by atoms with Gasteiger partial charge in [-0.05, 0) is 81.2 Å². The second kappa shape index (κ2) is 12.1. The van der Waals surface area contributed by atoms with Gasteiger partial charge in [0.25, 0.3) is 5.91 Å². The topological polar surface area (TPSA) is 129 Å². The normalized spacial score (nSPS) is 10.9. The molecule has 0 bridgehead atoms. The summed E-state index contributed by atoms with van der Waals surface area (Å²) in [6.45, 7) is 2.03. The summed E-state index contributed by atoms with van der Waals surface area (Å²) < 4.78 is 11.8. The molecule has 0 radical (unpaired) electrons. The molecule has 39 heavy (non-hydrogen) atoms. The van der Waals surface area contributed by atoms with Crippen molar-refractivity contribution in [1.82, 2.24) is 0 Å². The van der Waals surface area contributed by atoms with Crippen LogP contribution in [0.1, 0.15) is 33.2 Å². The van der Waals surface area contributed by atoms with Crippen molar-refractivity contribution in [2.24, 2.45) is 0 Å². The first-order chi connectivity index (χ1) is 18.8. The number of aromatic carboxylic acids is 1. The maximum absolute atomic E-state index is 13.1. The monoisotopic (exact) mass is 583 g/mol. The molecular weight excluding hydrogens is 564 g/mol. The fourth-order valence-corrected chi connectivity index (χ4v) is 4.36. The van der Waals surface area contributed by atoms with Gasteiger partial charge in [0.05, 0.1) is 22.6 Å². The SMILES string of the molecule is CCOc1cc(/C=C(/C#N)C(=O)Nc2cccc(C(=O)[O-])c2)cc(Br)c1OC(=O)c1cccc2ccccc12. The average Bonchev–Trinajstić information content (AvgIpc) is 2.93. The van der Waals surface area contributed by atoms with Crippen LogP contribution in [0, 0.1) is 11.3 Å². The summed E-state index contributed by atoms with van der Waals surface area (Å²) in [6.07, 6.45) is 1.33. The first-order valence-corrected chi connectivity index (χ1v) is 12.5. The summed E-state index contributed by atoms with van der Waals surface area (Å²) in [6, 6.07) is 23.3. The lowest BCUT2D eigenvalue weighted by Gasteiger charge is -2.14. The molecule has 0 aliphatic carbocycles. The number of anilines is 1. The van der Waals surface area contributed by atoms with Gasteiger partial charge in [0.15, 0.2) is 11.5 Å². The average molecular weight is 584 g/mol. The third-order valence-corrected chi connectivity index (χ3v) is 6.16. The van der Waals surface area contributed by atoms with E-state index in [2.05, 4.69) is 21.2 Å². The highest BCUT2D eigenvalue weighted by molar-refractivity contribution is 9.10. The highest BCUT2D eigenvalue weighted by Gasteiger charge is 2.19. The summed E-state index contributed by atoms with van der Waals surface area (Å²) in [7, 11) is 0. The number of carboxylic acid groups (broad SMARTS) is 1. The molecule has 4 aromatic carbocycles. The van der Waals surface area contributed by atoms with Gasteiger partial charge >= 0.3 is 5.97 Å². The van der Waals surface area contributed by atoms with Gasteiger partial charge in [0.2, 0.25) is 0 Å². The Morgan fingerprint density at radius 3 is 2.51 bits per heavy atom. The third-order valence-electron chi connectivity index (χ3n) is 5.57. The van der Waals surface area contributed by atoms with Crippen molar-refractivity contribution in [3.63, 3.8) is 0 Å². The zero-order chi connectivity index (χ0) is 27.9. The molecule has 4 rings (SSSR count). The van der Waals surface area contributed by atoms with E-state index in [0.717, 1.165) is 10.8 Å². The summed E-state index contributed by atoms with van der Waals surface area (Å²) in [5, 5.41) is 24.8. The molecule has 1 N–H and O–H groups in total. The molecule has 0 aliphatic rings. The maximum atomic E-state index is 13.1. The van der Waals surface area contributed by atoms with E-state index in [4.69, 9.17) is 9.47 Å². The lowest BCUT2D eigenvalue weighted by atomic mass is 10.0. The van der Waals surface area contributed by atoms with Gasteiger partial charge in [-0.15, -0.1) is 0 Å². The minimum Gasteiger partial charge on any atom is -0.545 e. The maximum Gasteiger partial charge on any atom is 0.344 e. The molecule has 9 heteroatoms. The molecule has 8 nitrogen and oxygen atoms in total. The Morgan fingerprint density at radius 2 is 1.77 bits per heavy atom. The van der Waals surface area contributed by atoms with E-state index in [9.17, 15) is 24.8 Å². The van der Waals surface area contributed by atoms with E-state index in [-0.39, 0.29) is 34.9 Å². The predicted octanol–water partition coefficient (Wildman–Crippen LogP) is 5.13. The number of esters is 1. The number of carbonyl (C=O) groups is 3. The van der Waals surface area contributed by atoms with E-state index in [1.165, 1.54) is 30.3 Å². The first kappa shape index (κ1) is 27.1. The minimum atomic E-state index is -1.39. The van der Waals surface area contributed by atoms with E-state index in [0.29, 0.717) is 15.6 Å². The van der Waals surface area contributed by atoms with Crippen LogP contribution in [0.5, 0.6) is 11.5 Å². The molecule has 0 aliphatic heterocycles. The Balaban J connectivity index is 1.63. The number of carboxylic acids is 1. The highest BCUT2D eigenvalue weighted by atomic mass is 79.9. The number of ether oxygens (including phenoxy) is 2. The number of hydrogen-bond donors (Lipinski definition) is 1. The zero-order valence-electron chi connectivity index (χ0n) is 20.6. The number of rotatable bonds is 8. The number of nitrogens with one attached hydrogen (secondary N) is 1. The van der Waals surface area contributed by atoms with Crippen molar-refractivity contribution < 1.29 is 29.0 Å². The Kier molecular flexibility index (Phi) is 8.39. The quantitative estimate of drug-likeness (QED) is 0.132. The van der Waals surface area contributed by atoms with Gasteiger partial charge in [-0.3, -0.25) is 4.79 Å². The van der Waals surface area contributed by atoms with E-state index >= 15 is 0 Å². The van der Waals surface area contributed by atoms with Crippen molar-refractivity contribution in [3.8, 4) is 17.6 Å². The van der Waals surface area contributed by atoms with Crippen LogP contribution in [0.4, 0.5) is 5.69 Å². The lowest BCUT2D eigenvalue weighted by Crippen LogP contribution is -2.22. The van der Waals surface area contributed by atoms with E-state index in [1.807, 2.05) is 36.4 Å². The molecular formula is C30H20BrN2O6-. The van der Waals surface area contributed by atoms with Crippen LogP contribution in [-0.4, -0.2) is 24.5 Å². The molecule has 0 heterocycles. The number of amides is 1. The number of halogens is 1. The fraction of sp³-hybridized carbons (Fsp3) is 0.0667. The Morgan fingerprint density at radius 1 is 1.03 bits per heavy atom. The van der Waals surface area contributed by atoms with Gasteiger partial charge in [0, 0.05) is 5.69 Å². The molecule has 0 aromatic heterocycles. The molecule has 1 amide bonds. The zero-order valence-corrected chi connectivity index (χ0v) is 22.2. The molecule has 0 saturated carbocycles. The molecule has 0 saturated heterocycles. The van der Waals surface area contributed by atoms with Crippen LogP contribution in [-0.2, 0) is 4.79 Å². The van der Waals surface area contributed by atoms with Gasteiger partial charge in [-0.2, -0.15) is 5.26 Å². The number of nitriles is 1. The Hall–Kier alpha value is -4.94. The summed E-state index contributed by atoms with van der Waals surface area (Å²) in [4.78, 5) is 36.9. The van der Waals surface area contributed by atoms with Crippen LogP contribution >= 0.6 is 15.9 Å². The highest BCUT2D eigenvalue weighted by Crippen LogP contribution is 2.38. The van der Waals surface area contributed by atoms with Crippen LogP contribution in [0.3, 0.4) is 0 Å². The van der Waals surface area contributed by atoms with Gasteiger partial charge in [-0.25, -0.2) is 4.79 Å². The molecule has 0 atom stereocenters. The molecule has 0 fully saturated rings. The van der Waals surface area contributed by atoms with Crippen molar-refractivity contribution in [3.05, 3.63) is 106 Å². The standard InChI is InChI=1S/C30H21BrN2O6/c1-2-38-26-15-18(13-21(17-32)28(34)33-22-10-5-9-20(16-22)29(35)36)14-25(31)27(26)39-30(37)24-12-6-8-19-7-3-4-11-23(19)24/h3-16H,2H2,1H3,(H,33,34)(H,35,36)/p-1/b21-13-. The van der Waals surface area contributed by atoms with Crippen molar-refractivity contribution in [2.75, 3.05) is 11.9 Å². The van der Waals surface area contributed by atoms with Crippen LogP contribution < -0.4 is 19.9 Å². The number of benzene rings is 4. The van der Waals surface area contributed by atoms with Crippen molar-refractivity contribution in [2.45, 2.75) is 6.92 Å². The fourth-order valence-electron chi connectivity index (χ4n) is 3.82. The minimum absolute atomic E-state index is 0.116. The van der Waals surface area contributed by atoms with E-state index in [1.54, 1.807) is 31.2 Å². The predicted molar refractivity (Wildman–Crippen MR) is 147 cm³/mol. The summed E-state index contributed by atoms with van der Waals surface area (Å²) >= 11 is 3.41. The Bertz CT molecular complexity index is 1670. The van der Waals surface area contributed by atoms with Gasteiger partial charge in [0.1, 0.15) is 11.6 Å². The Labute approximate surface area is 232 Å². The largest absolute Gasteiger partial charge is 0.545 e. The van der Waals surface area contributed by atoms with Gasteiger partial charge in [-0.1, -0.05) is 48.5 Å². The smallest absolute Gasteiger partial charge is 0.344 e. The number of hydrogen-bond acceptors (Lipinski definition) is 7. The number of nitrogens with zero attached hydrogens (tertiary/aromatic N) is 1. The second-order valence-corrected chi connectivity index (χ2v) is 9.03. The molecule has 0 unspecified atom stereocenters. The van der Waals surface area contributed by atoms with Crippen LogP contribution in [0.25, 0.3) is 16.8 Å². The van der Waals surface area contributed by atoms with Gasteiger partial charge < -0.3 is 24.7 Å². The lowest BCUT2D eigenvalue weighted by molar-refractivity contribution is -0.255. The number of carbonyl (C=O) groups excluding carboxylic acids is 3. The van der Waals surface area contributed by atoms with Crippen LogP contribution in [0.2, 0.25) is 0 Å².